The second-order valence-corrected chi connectivity index (χ2v) is 8.43. The topological polar surface area (TPSA) is 106 Å². The average molecular weight is 440 g/mol. The van der Waals surface area contributed by atoms with Crippen LogP contribution in [0.2, 0.25) is 3.67 Å². The molecule has 0 bridgehead atoms. The van der Waals surface area contributed by atoms with E-state index in [1.165, 1.54) is 121 Å². The molecule has 0 radical (unpaired) electrons. The first-order valence-electron chi connectivity index (χ1n) is 11.1. The molecule has 0 aromatic heterocycles. The molecule has 1 unspecified atom stereocenters. The van der Waals surface area contributed by atoms with Crippen molar-refractivity contribution in [2.45, 2.75) is 119 Å². The van der Waals surface area contributed by atoms with Gasteiger partial charge in [-0.2, -0.15) is 0 Å². The van der Waals surface area contributed by atoms with E-state index in [2.05, 4.69) is 6.92 Å². The summed E-state index contributed by atoms with van der Waals surface area (Å²) < 4.78 is 1.51. The van der Waals surface area contributed by atoms with Crippen molar-refractivity contribution in [1.82, 2.24) is 0 Å². The van der Waals surface area contributed by atoms with Crippen LogP contribution in [0.5, 0.6) is 0 Å². The van der Waals surface area contributed by atoms with Crippen molar-refractivity contribution in [3.8, 4) is 0 Å². The molecule has 5 nitrogen and oxygen atoms in total. The SMILES string of the molecule is CCCCCCCCCCCCCCC[CH2][Na].NC(CCC(=O)[O-])C(=O)[O-].[Na+].[Na+]. The predicted octanol–water partition coefficient (Wildman–Crippen LogP) is -3.34. The van der Waals surface area contributed by atoms with E-state index in [0.717, 1.165) is 0 Å². The Labute approximate surface area is 241 Å². The van der Waals surface area contributed by atoms with E-state index in [-0.39, 0.29) is 72.0 Å². The predicted molar refractivity (Wildman–Crippen MR) is 108 cm³/mol. The van der Waals surface area contributed by atoms with Gasteiger partial charge in [-0.05, 0) is 12.8 Å². The van der Waals surface area contributed by atoms with Gasteiger partial charge >= 0.3 is 161 Å². The largest absolute Gasteiger partial charge is 1.00 e. The maximum absolute atomic E-state index is 9.86. The van der Waals surface area contributed by atoms with Gasteiger partial charge in [-0.25, -0.2) is 0 Å². The first-order chi connectivity index (χ1) is 13.0. The van der Waals surface area contributed by atoms with Gasteiger partial charge in [-0.3, -0.25) is 0 Å². The third kappa shape index (κ3) is 37.5. The van der Waals surface area contributed by atoms with Crippen LogP contribution in [0.15, 0.2) is 0 Å². The summed E-state index contributed by atoms with van der Waals surface area (Å²) in [7, 11) is 0. The van der Waals surface area contributed by atoms with Crippen LogP contribution < -0.4 is 75.1 Å². The molecule has 0 aromatic carbocycles. The summed E-state index contributed by atoms with van der Waals surface area (Å²) in [5.41, 5.74) is 4.91. The number of carboxylic acids is 2. The van der Waals surface area contributed by atoms with Crippen LogP contribution in [0.3, 0.4) is 0 Å². The van der Waals surface area contributed by atoms with Gasteiger partial charge < -0.3 is 25.5 Å². The number of aliphatic carboxylic acids is 2. The first kappa shape index (κ1) is 38.2. The first-order valence-corrected chi connectivity index (χ1v) is 12.5. The number of hydrogen-bond acceptors (Lipinski definition) is 5. The van der Waals surface area contributed by atoms with Crippen molar-refractivity contribution < 1.29 is 78.9 Å². The van der Waals surface area contributed by atoms with Crippen molar-refractivity contribution in [1.29, 1.82) is 0 Å². The zero-order valence-electron chi connectivity index (χ0n) is 19.8. The van der Waals surface area contributed by atoms with Gasteiger partial charge in [0.05, 0.1) is 5.97 Å². The fraction of sp³-hybridized carbons (Fsp3) is 0.905. The van der Waals surface area contributed by atoms with Gasteiger partial charge in [0.15, 0.2) is 0 Å². The number of unbranched alkanes of at least 4 members (excludes halogenated alkanes) is 13. The average Bonchev–Trinajstić information content (AvgIpc) is 2.64. The van der Waals surface area contributed by atoms with E-state index in [1.807, 2.05) is 0 Å². The minimum absolute atomic E-state index is 0. The number of nitrogens with two attached hydrogens (primary N) is 1. The molecule has 0 amide bonds. The fourth-order valence-electron chi connectivity index (χ4n) is 2.84. The maximum Gasteiger partial charge on any atom is 1.00 e. The minimum atomic E-state index is -1.44. The summed E-state index contributed by atoms with van der Waals surface area (Å²) in [5, 5.41) is 19.6. The molecule has 0 heterocycles. The number of hydrogen-bond donors (Lipinski definition) is 1. The molecular formula is C21H40NNa3O4. The van der Waals surface area contributed by atoms with Crippen LogP contribution in [0.4, 0.5) is 0 Å². The summed E-state index contributed by atoms with van der Waals surface area (Å²) >= 11 is 1.41. The monoisotopic (exact) mass is 439 g/mol. The molecule has 0 aliphatic heterocycles. The van der Waals surface area contributed by atoms with E-state index in [0.29, 0.717) is 0 Å². The summed E-state index contributed by atoms with van der Waals surface area (Å²) in [6.07, 6.45) is 20.2. The smallest absolute Gasteiger partial charge is 0.550 e. The minimum Gasteiger partial charge on any atom is -0.550 e. The van der Waals surface area contributed by atoms with Gasteiger partial charge in [0.25, 0.3) is 0 Å². The summed E-state index contributed by atoms with van der Waals surface area (Å²) in [6.45, 7) is 2.29. The molecule has 1 atom stereocenters. The maximum atomic E-state index is 9.86. The van der Waals surface area contributed by atoms with Crippen molar-refractivity contribution >= 4 is 39.9 Å². The van der Waals surface area contributed by atoms with E-state index in [4.69, 9.17) is 5.73 Å². The van der Waals surface area contributed by atoms with Gasteiger partial charge in [-0.1, -0.05) is 26.2 Å². The molecule has 0 saturated carbocycles. The molecule has 0 saturated heterocycles. The molecule has 0 rings (SSSR count). The number of rotatable bonds is 18. The van der Waals surface area contributed by atoms with Crippen LogP contribution >= 0.6 is 0 Å². The van der Waals surface area contributed by atoms with Gasteiger partial charge in [0.1, 0.15) is 0 Å². The second kappa shape index (κ2) is 32.1. The van der Waals surface area contributed by atoms with Crippen LogP contribution in [0.1, 0.15) is 110 Å². The number of carbonyl (C=O) groups excluding carboxylic acids is 2. The Hall–Kier alpha value is 1.90. The molecule has 0 spiro atoms. The van der Waals surface area contributed by atoms with Gasteiger partial charge in [-0.15, -0.1) is 0 Å². The number of carboxylic acid groups (broad SMARTS) is 2. The van der Waals surface area contributed by atoms with Crippen molar-refractivity contribution in [2.75, 3.05) is 0 Å². The summed E-state index contributed by atoms with van der Waals surface area (Å²) in [6, 6.07) is -1.21. The molecule has 29 heavy (non-hydrogen) atoms. The normalized spacial score (nSPS) is 10.8. The zero-order valence-corrected chi connectivity index (χ0v) is 25.8. The quantitative estimate of drug-likeness (QED) is 0.178. The van der Waals surface area contributed by atoms with E-state index >= 15 is 0 Å². The van der Waals surface area contributed by atoms with Crippen molar-refractivity contribution in [2.24, 2.45) is 5.73 Å². The Morgan fingerprint density at radius 1 is 0.759 bits per heavy atom. The Balaban J connectivity index is -0.000000226. The molecule has 8 heteroatoms. The van der Waals surface area contributed by atoms with Crippen LogP contribution in [-0.4, -0.2) is 45.9 Å². The molecule has 0 aliphatic rings. The Morgan fingerprint density at radius 2 is 1.10 bits per heavy atom. The summed E-state index contributed by atoms with van der Waals surface area (Å²) in [4.78, 5) is 19.6. The van der Waals surface area contributed by atoms with Crippen molar-refractivity contribution in [3.05, 3.63) is 0 Å². The van der Waals surface area contributed by atoms with Crippen LogP contribution in [-0.2, 0) is 9.59 Å². The zero-order chi connectivity index (χ0) is 20.8. The van der Waals surface area contributed by atoms with E-state index in [1.54, 1.807) is 0 Å². The molecular weight excluding hydrogens is 399 g/mol. The fourth-order valence-corrected chi connectivity index (χ4v) is 3.34. The standard InChI is InChI=1S/C16H33.C5H9NO4.3Na/c1-3-5-7-9-11-13-15-16-14-12-10-8-6-4-2;6-3(5(9)10)1-2-4(7)8;;;/h1,3-16H2,2H3;3H,1-2,6H2,(H,7,8)(H,9,10);;;/q;;;2*+1/p-2. The molecule has 156 valence electrons. The number of carbonyl (C=O) groups is 2. The van der Waals surface area contributed by atoms with Gasteiger partial charge in [0.2, 0.25) is 0 Å². The second-order valence-electron chi connectivity index (χ2n) is 7.43. The molecule has 0 aliphatic carbocycles. The Bertz CT molecular complexity index is 334. The molecule has 0 aromatic rings. The Kier molecular flexibility index (Phi) is 42.2. The van der Waals surface area contributed by atoms with Gasteiger partial charge in [0, 0.05) is 12.0 Å². The summed E-state index contributed by atoms with van der Waals surface area (Å²) in [5.74, 6) is -2.75. The third-order valence-electron chi connectivity index (χ3n) is 4.67. The van der Waals surface area contributed by atoms with Crippen LogP contribution in [0, 0.1) is 0 Å². The van der Waals surface area contributed by atoms with Crippen molar-refractivity contribution in [3.63, 3.8) is 0 Å². The van der Waals surface area contributed by atoms with E-state index in [9.17, 15) is 19.8 Å². The van der Waals surface area contributed by atoms with E-state index < -0.39 is 18.0 Å². The molecule has 2 N–H and O–H groups in total. The molecule has 0 fully saturated rings. The van der Waals surface area contributed by atoms with Crippen LogP contribution in [0.25, 0.3) is 0 Å². The Morgan fingerprint density at radius 3 is 1.38 bits per heavy atom. The third-order valence-corrected chi connectivity index (χ3v) is 5.38.